The predicted octanol–water partition coefficient (Wildman–Crippen LogP) is 2.28. The van der Waals surface area contributed by atoms with Gasteiger partial charge in [-0.05, 0) is 24.3 Å². The van der Waals surface area contributed by atoms with Crippen molar-refractivity contribution in [1.29, 1.82) is 0 Å². The van der Waals surface area contributed by atoms with E-state index in [2.05, 4.69) is 15.4 Å². The first kappa shape index (κ1) is 18.2. The molecule has 0 radical (unpaired) electrons. The lowest BCUT2D eigenvalue weighted by Gasteiger charge is -2.08. The minimum Gasteiger partial charge on any atom is -0.489 e. The van der Waals surface area contributed by atoms with Crippen LogP contribution < -0.4 is 15.6 Å². The van der Waals surface area contributed by atoms with Gasteiger partial charge in [0.25, 0.3) is 11.5 Å². The molecule has 1 amide bonds. The zero-order valence-corrected chi connectivity index (χ0v) is 14.1. The summed E-state index contributed by atoms with van der Waals surface area (Å²) in [7, 11) is 1.44. The maximum Gasteiger partial charge on any atom is 0.277 e. The van der Waals surface area contributed by atoms with Gasteiger partial charge in [0.2, 0.25) is 0 Å². The molecule has 3 aromatic rings. The van der Waals surface area contributed by atoms with Gasteiger partial charge in [-0.25, -0.2) is 18.4 Å². The monoisotopic (exact) mass is 372 g/mol. The summed E-state index contributed by atoms with van der Waals surface area (Å²) in [5, 5.41) is 6.41. The molecule has 0 aliphatic carbocycles. The smallest absolute Gasteiger partial charge is 0.277 e. The number of hydrogen-bond acceptors (Lipinski definition) is 5. The molecule has 0 saturated carbocycles. The lowest BCUT2D eigenvalue weighted by Crippen LogP contribution is -2.23. The zero-order chi connectivity index (χ0) is 19.4. The number of nitrogens with one attached hydrogen (secondary N) is 1. The summed E-state index contributed by atoms with van der Waals surface area (Å²) < 4.78 is 32.4. The van der Waals surface area contributed by atoms with Gasteiger partial charge >= 0.3 is 0 Å². The van der Waals surface area contributed by atoms with Gasteiger partial charge in [-0.15, -0.1) is 0 Å². The molecular formula is C18H14F2N4O3. The molecular weight excluding hydrogens is 358 g/mol. The lowest BCUT2D eigenvalue weighted by atomic mass is 10.3. The minimum atomic E-state index is -0.990. The van der Waals surface area contributed by atoms with E-state index in [4.69, 9.17) is 4.74 Å². The summed E-state index contributed by atoms with van der Waals surface area (Å²) >= 11 is 0. The predicted molar refractivity (Wildman–Crippen MR) is 92.4 cm³/mol. The number of aryl methyl sites for hydroxylation is 1. The van der Waals surface area contributed by atoms with Crippen molar-refractivity contribution in [2.45, 2.75) is 6.61 Å². The molecule has 0 fully saturated rings. The molecule has 0 unspecified atom stereocenters. The summed E-state index contributed by atoms with van der Waals surface area (Å²) in [5.74, 6) is -1.98. The summed E-state index contributed by atoms with van der Waals surface area (Å²) in [5.41, 5.74) is 0.415. The van der Waals surface area contributed by atoms with Crippen LogP contribution in [0.5, 0.6) is 5.75 Å². The summed E-state index contributed by atoms with van der Waals surface area (Å²) in [6.45, 7) is 0.0919. The van der Waals surface area contributed by atoms with E-state index in [1.165, 1.54) is 31.4 Å². The average Bonchev–Trinajstić information content (AvgIpc) is 2.66. The van der Waals surface area contributed by atoms with Crippen molar-refractivity contribution in [2.75, 3.05) is 5.32 Å². The fourth-order valence-corrected chi connectivity index (χ4v) is 2.12. The topological polar surface area (TPSA) is 86.1 Å². The van der Waals surface area contributed by atoms with Crippen LogP contribution in [0, 0.1) is 11.6 Å². The first-order valence-corrected chi connectivity index (χ1v) is 7.81. The molecule has 0 atom stereocenters. The van der Waals surface area contributed by atoms with Crippen molar-refractivity contribution >= 4 is 11.7 Å². The van der Waals surface area contributed by atoms with Gasteiger partial charge < -0.3 is 10.1 Å². The van der Waals surface area contributed by atoms with Crippen LogP contribution in [0.2, 0.25) is 0 Å². The number of pyridine rings is 1. The van der Waals surface area contributed by atoms with Crippen molar-refractivity contribution in [3.63, 3.8) is 0 Å². The highest BCUT2D eigenvalue weighted by Crippen LogP contribution is 2.17. The van der Waals surface area contributed by atoms with Crippen LogP contribution in [0.1, 0.15) is 16.1 Å². The fourth-order valence-electron chi connectivity index (χ4n) is 2.12. The SMILES string of the molecule is Cn1nc(C(=O)Nc2ccc(COc3ccc(F)c(F)c3)cn2)ccc1=O. The van der Waals surface area contributed by atoms with Crippen molar-refractivity contribution in [1.82, 2.24) is 14.8 Å². The molecule has 138 valence electrons. The third kappa shape index (κ3) is 4.51. The Morgan fingerprint density at radius 2 is 1.96 bits per heavy atom. The van der Waals surface area contributed by atoms with E-state index >= 15 is 0 Å². The average molecular weight is 372 g/mol. The Kier molecular flexibility index (Phi) is 5.20. The van der Waals surface area contributed by atoms with Crippen LogP contribution in [0.25, 0.3) is 0 Å². The molecule has 3 rings (SSSR count). The van der Waals surface area contributed by atoms with Gasteiger partial charge in [0.1, 0.15) is 23.9 Å². The summed E-state index contributed by atoms with van der Waals surface area (Å²) in [6, 6.07) is 9.04. The number of amides is 1. The number of rotatable bonds is 5. The molecule has 0 spiro atoms. The maximum absolute atomic E-state index is 13.1. The first-order valence-electron chi connectivity index (χ1n) is 7.81. The Morgan fingerprint density at radius 1 is 1.15 bits per heavy atom. The van der Waals surface area contributed by atoms with Gasteiger partial charge in [-0.1, -0.05) is 6.07 Å². The molecule has 0 bridgehead atoms. The highest BCUT2D eigenvalue weighted by molar-refractivity contribution is 6.02. The van der Waals surface area contributed by atoms with E-state index in [9.17, 15) is 18.4 Å². The van der Waals surface area contributed by atoms with E-state index in [0.29, 0.717) is 5.56 Å². The molecule has 7 nitrogen and oxygen atoms in total. The Morgan fingerprint density at radius 3 is 2.63 bits per heavy atom. The van der Waals surface area contributed by atoms with Crippen molar-refractivity contribution in [3.8, 4) is 5.75 Å². The molecule has 9 heteroatoms. The van der Waals surface area contributed by atoms with Gasteiger partial charge in [-0.3, -0.25) is 9.59 Å². The highest BCUT2D eigenvalue weighted by atomic mass is 19.2. The quantitative estimate of drug-likeness (QED) is 0.743. The van der Waals surface area contributed by atoms with Crippen molar-refractivity contribution in [2.24, 2.45) is 7.05 Å². The molecule has 0 aliphatic heterocycles. The molecule has 0 saturated heterocycles. The van der Waals surface area contributed by atoms with Crippen molar-refractivity contribution < 1.29 is 18.3 Å². The zero-order valence-electron chi connectivity index (χ0n) is 14.1. The maximum atomic E-state index is 13.1. The van der Waals surface area contributed by atoms with Crippen LogP contribution >= 0.6 is 0 Å². The number of anilines is 1. The molecule has 0 aliphatic rings. The van der Waals surface area contributed by atoms with E-state index in [1.54, 1.807) is 12.1 Å². The Balaban J connectivity index is 1.61. The number of hydrogen-bond donors (Lipinski definition) is 1. The first-order chi connectivity index (χ1) is 12.9. The third-order valence-electron chi connectivity index (χ3n) is 3.56. The second-order valence-electron chi connectivity index (χ2n) is 5.55. The largest absolute Gasteiger partial charge is 0.489 e. The number of carbonyl (C=O) groups is 1. The number of benzene rings is 1. The van der Waals surface area contributed by atoms with E-state index in [0.717, 1.165) is 16.8 Å². The molecule has 2 heterocycles. The van der Waals surface area contributed by atoms with Gasteiger partial charge in [0.15, 0.2) is 11.6 Å². The van der Waals surface area contributed by atoms with Gasteiger partial charge in [0.05, 0.1) is 0 Å². The van der Waals surface area contributed by atoms with Crippen LogP contribution in [0.15, 0.2) is 53.5 Å². The van der Waals surface area contributed by atoms with E-state index < -0.39 is 17.5 Å². The molecule has 2 aromatic heterocycles. The van der Waals surface area contributed by atoms with Crippen LogP contribution in [0.4, 0.5) is 14.6 Å². The molecule has 27 heavy (non-hydrogen) atoms. The second kappa shape index (κ2) is 7.73. The van der Waals surface area contributed by atoms with Crippen LogP contribution in [0.3, 0.4) is 0 Å². The third-order valence-corrected chi connectivity index (χ3v) is 3.56. The summed E-state index contributed by atoms with van der Waals surface area (Å²) in [4.78, 5) is 27.5. The molecule has 1 N–H and O–H groups in total. The number of aromatic nitrogens is 3. The lowest BCUT2D eigenvalue weighted by molar-refractivity contribution is 0.101. The Hall–Kier alpha value is -3.62. The van der Waals surface area contributed by atoms with Gasteiger partial charge in [-0.2, -0.15) is 5.10 Å². The summed E-state index contributed by atoms with van der Waals surface area (Å²) in [6.07, 6.45) is 1.48. The van der Waals surface area contributed by atoms with Crippen molar-refractivity contribution in [3.05, 3.63) is 81.9 Å². The second-order valence-corrected chi connectivity index (χ2v) is 5.55. The minimum absolute atomic E-state index is 0.0737. The normalized spacial score (nSPS) is 10.5. The Labute approximate surface area is 152 Å². The fraction of sp³-hybridized carbons (Fsp3) is 0.111. The standard InChI is InChI=1S/C18H14F2N4O3/c1-24-17(25)7-5-15(23-24)18(26)22-16-6-2-11(9-21-16)10-27-12-3-4-13(19)14(20)8-12/h2-9H,10H2,1H3,(H,21,22,26). The van der Waals surface area contributed by atoms with Crippen LogP contribution in [-0.2, 0) is 13.7 Å². The van der Waals surface area contributed by atoms with Gasteiger partial charge in [0, 0.05) is 30.9 Å². The highest BCUT2D eigenvalue weighted by Gasteiger charge is 2.10. The molecule has 1 aromatic carbocycles. The van der Waals surface area contributed by atoms with E-state index in [-0.39, 0.29) is 29.4 Å². The number of halogens is 2. The number of ether oxygens (including phenoxy) is 1. The number of carbonyl (C=O) groups excluding carboxylic acids is 1. The number of nitrogens with zero attached hydrogens (tertiary/aromatic N) is 3. The Bertz CT molecular complexity index is 1040. The van der Waals surface area contributed by atoms with Crippen LogP contribution in [-0.4, -0.2) is 20.7 Å². The van der Waals surface area contributed by atoms with E-state index in [1.807, 2.05) is 0 Å².